The van der Waals surface area contributed by atoms with Crippen LogP contribution >= 0.6 is 12.2 Å². The fraction of sp³-hybridized carbons (Fsp3) is 0.227. The second-order valence-corrected chi connectivity index (χ2v) is 7.57. The minimum Gasteiger partial charge on any atom is -0.351 e. The number of benzene rings is 1. The number of carbonyl (C=O) groups excluding carboxylic acids is 1. The summed E-state index contributed by atoms with van der Waals surface area (Å²) >= 11 is 5.74. The molecule has 0 spiro atoms. The van der Waals surface area contributed by atoms with Gasteiger partial charge in [0.1, 0.15) is 6.04 Å². The van der Waals surface area contributed by atoms with Crippen LogP contribution in [0.2, 0.25) is 0 Å². The van der Waals surface area contributed by atoms with Crippen LogP contribution in [-0.2, 0) is 11.8 Å². The molecular weight excluding hydrogens is 382 g/mol. The van der Waals surface area contributed by atoms with Crippen molar-refractivity contribution in [3.8, 4) is 0 Å². The summed E-state index contributed by atoms with van der Waals surface area (Å²) in [5.74, 6) is -0.0940. The summed E-state index contributed by atoms with van der Waals surface area (Å²) in [7, 11) is 2.07. The molecule has 4 rings (SSSR count). The van der Waals surface area contributed by atoms with Crippen LogP contribution in [0.3, 0.4) is 0 Å². The summed E-state index contributed by atoms with van der Waals surface area (Å²) in [6.45, 7) is 3.59. The molecule has 2 atom stereocenters. The normalized spacial score (nSPS) is 18.6. The van der Waals surface area contributed by atoms with Crippen LogP contribution in [0.4, 0.5) is 11.4 Å². The van der Waals surface area contributed by atoms with Gasteiger partial charge in [-0.2, -0.15) is 0 Å². The summed E-state index contributed by atoms with van der Waals surface area (Å²) in [4.78, 5) is 18.0. The lowest BCUT2D eigenvalue weighted by Crippen LogP contribution is -2.30. The number of pyridine rings is 1. The van der Waals surface area contributed by atoms with Gasteiger partial charge in [0.05, 0.1) is 11.7 Å². The minimum atomic E-state index is -0.0940. The van der Waals surface area contributed by atoms with E-state index in [1.54, 1.807) is 6.20 Å². The van der Waals surface area contributed by atoms with Crippen molar-refractivity contribution in [1.29, 1.82) is 0 Å². The quantitative estimate of drug-likeness (QED) is 0.646. The van der Waals surface area contributed by atoms with E-state index in [-0.39, 0.29) is 18.0 Å². The maximum atomic E-state index is 11.3. The monoisotopic (exact) mass is 405 g/mol. The van der Waals surface area contributed by atoms with Gasteiger partial charge in [0.25, 0.3) is 0 Å². The second kappa shape index (κ2) is 7.67. The zero-order valence-electron chi connectivity index (χ0n) is 16.6. The highest BCUT2D eigenvalue weighted by Crippen LogP contribution is 2.41. The van der Waals surface area contributed by atoms with Gasteiger partial charge in [0.2, 0.25) is 5.91 Å². The predicted molar refractivity (Wildman–Crippen MR) is 119 cm³/mol. The van der Waals surface area contributed by atoms with Gasteiger partial charge in [-0.15, -0.1) is 0 Å². The molecule has 3 heterocycles. The van der Waals surface area contributed by atoms with Crippen molar-refractivity contribution in [3.63, 3.8) is 0 Å². The van der Waals surface area contributed by atoms with Gasteiger partial charge in [0.15, 0.2) is 5.11 Å². The van der Waals surface area contributed by atoms with Crippen LogP contribution in [0.1, 0.15) is 36.1 Å². The molecule has 6 nitrogen and oxygen atoms in total. The Kier molecular flexibility index (Phi) is 5.07. The number of anilines is 2. The number of carbonyl (C=O) groups is 1. The molecular formula is C22H23N5OS. The lowest BCUT2D eigenvalue weighted by atomic mass is 10.0. The fourth-order valence-corrected chi connectivity index (χ4v) is 4.12. The summed E-state index contributed by atoms with van der Waals surface area (Å²) < 4.78 is 2.19. The third-order valence-electron chi connectivity index (χ3n) is 5.28. The molecule has 2 aromatic heterocycles. The van der Waals surface area contributed by atoms with Gasteiger partial charge < -0.3 is 20.1 Å². The number of nitrogens with one attached hydrogen (secondary N) is 2. The molecule has 1 saturated heterocycles. The highest BCUT2D eigenvalue weighted by atomic mass is 32.1. The molecule has 2 N–H and O–H groups in total. The van der Waals surface area contributed by atoms with Gasteiger partial charge in [-0.05, 0) is 67.7 Å². The van der Waals surface area contributed by atoms with Crippen LogP contribution in [0, 0.1) is 6.92 Å². The topological polar surface area (TPSA) is 62.2 Å². The highest BCUT2D eigenvalue weighted by Gasteiger charge is 2.41. The van der Waals surface area contributed by atoms with E-state index >= 15 is 0 Å². The molecule has 148 valence electrons. The van der Waals surface area contributed by atoms with Crippen molar-refractivity contribution in [1.82, 2.24) is 14.9 Å². The number of aryl methyl sites for hydroxylation is 1. The first-order valence-electron chi connectivity index (χ1n) is 9.46. The number of aromatic nitrogens is 2. The third kappa shape index (κ3) is 3.61. The third-order valence-corrected chi connectivity index (χ3v) is 5.59. The molecule has 29 heavy (non-hydrogen) atoms. The lowest BCUT2D eigenvalue weighted by Gasteiger charge is -2.28. The first kappa shape index (κ1) is 19.1. The summed E-state index contributed by atoms with van der Waals surface area (Å²) in [5, 5.41) is 6.92. The van der Waals surface area contributed by atoms with Gasteiger partial charge in [-0.1, -0.05) is 6.07 Å². The van der Waals surface area contributed by atoms with Crippen molar-refractivity contribution < 1.29 is 4.79 Å². The van der Waals surface area contributed by atoms with E-state index in [2.05, 4.69) is 51.2 Å². The Morgan fingerprint density at radius 3 is 2.48 bits per heavy atom. The number of hydrogen-bond donors (Lipinski definition) is 2. The van der Waals surface area contributed by atoms with Gasteiger partial charge in [0, 0.05) is 42.9 Å². The van der Waals surface area contributed by atoms with E-state index in [9.17, 15) is 4.79 Å². The van der Waals surface area contributed by atoms with Crippen LogP contribution in [0.5, 0.6) is 0 Å². The largest absolute Gasteiger partial charge is 0.351 e. The molecule has 1 aliphatic heterocycles. The summed E-state index contributed by atoms with van der Waals surface area (Å²) in [5.41, 5.74) is 4.98. The summed E-state index contributed by atoms with van der Waals surface area (Å²) in [6.07, 6.45) is 1.80. The van der Waals surface area contributed by atoms with Crippen LogP contribution < -0.4 is 15.5 Å². The molecule has 0 radical (unpaired) electrons. The van der Waals surface area contributed by atoms with Crippen LogP contribution in [0.15, 0.2) is 60.8 Å². The average molecular weight is 406 g/mol. The SMILES string of the molecule is CC(=O)Nc1ccc(N2C(=S)N[C@H](c3ccccn3)[C@H]2c2ccc(C)n2C)cc1. The molecule has 1 aromatic carbocycles. The number of hydrogen-bond acceptors (Lipinski definition) is 3. The van der Waals surface area contributed by atoms with Crippen molar-refractivity contribution in [3.05, 3.63) is 77.9 Å². The minimum absolute atomic E-state index is 0.0530. The number of nitrogens with zero attached hydrogens (tertiary/aromatic N) is 3. The zero-order valence-corrected chi connectivity index (χ0v) is 17.4. The molecule has 0 aliphatic carbocycles. The van der Waals surface area contributed by atoms with Crippen LogP contribution in [0.25, 0.3) is 0 Å². The zero-order chi connectivity index (χ0) is 20.5. The van der Waals surface area contributed by atoms with Crippen LogP contribution in [-0.4, -0.2) is 20.6 Å². The lowest BCUT2D eigenvalue weighted by molar-refractivity contribution is -0.114. The van der Waals surface area contributed by atoms with Crippen molar-refractivity contribution in [2.45, 2.75) is 25.9 Å². The predicted octanol–water partition coefficient (Wildman–Crippen LogP) is 3.86. The number of amides is 1. The number of thiocarbonyl (C=S) groups is 1. The average Bonchev–Trinajstić information content (AvgIpc) is 3.22. The van der Waals surface area contributed by atoms with E-state index in [0.717, 1.165) is 22.8 Å². The van der Waals surface area contributed by atoms with E-state index in [0.29, 0.717) is 5.11 Å². The second-order valence-electron chi connectivity index (χ2n) is 7.18. The maximum absolute atomic E-state index is 11.3. The molecule has 1 amide bonds. The smallest absolute Gasteiger partial charge is 0.221 e. The van der Waals surface area contributed by atoms with E-state index < -0.39 is 0 Å². The molecule has 3 aromatic rings. The highest BCUT2D eigenvalue weighted by molar-refractivity contribution is 7.80. The van der Waals surface area contributed by atoms with Crippen molar-refractivity contribution in [2.24, 2.45) is 7.05 Å². The van der Waals surface area contributed by atoms with Crippen molar-refractivity contribution in [2.75, 3.05) is 10.2 Å². The Labute approximate surface area is 175 Å². The molecule has 1 aliphatic rings. The first-order chi connectivity index (χ1) is 14.0. The molecule has 1 fully saturated rings. The molecule has 0 saturated carbocycles. The van der Waals surface area contributed by atoms with Gasteiger partial charge >= 0.3 is 0 Å². The maximum Gasteiger partial charge on any atom is 0.221 e. The Morgan fingerprint density at radius 1 is 1.14 bits per heavy atom. The van der Waals surface area contributed by atoms with Gasteiger partial charge in [-0.25, -0.2) is 0 Å². The molecule has 0 bridgehead atoms. The molecule has 7 heteroatoms. The Hall–Kier alpha value is -3.19. The van der Waals surface area contributed by atoms with Gasteiger partial charge in [-0.3, -0.25) is 9.78 Å². The van der Waals surface area contributed by atoms with E-state index in [1.165, 1.54) is 12.6 Å². The number of rotatable bonds is 4. The fourth-order valence-electron chi connectivity index (χ4n) is 3.77. The Bertz CT molecular complexity index is 1040. The molecule has 0 unspecified atom stereocenters. The van der Waals surface area contributed by atoms with Crippen molar-refractivity contribution >= 4 is 34.6 Å². The Morgan fingerprint density at radius 2 is 1.90 bits per heavy atom. The summed E-state index contributed by atoms with van der Waals surface area (Å²) in [6, 6.07) is 17.8. The van der Waals surface area contributed by atoms with E-state index in [1.807, 2.05) is 42.5 Å². The van der Waals surface area contributed by atoms with E-state index in [4.69, 9.17) is 12.2 Å². The Balaban J connectivity index is 1.77. The standard InChI is InChI=1S/C22H23N5OS/c1-14-7-12-19(26(14)3)21-20(18-6-4-5-13-23-18)25-22(29)27(21)17-10-8-16(9-11-17)24-15(2)28/h4-13,20-21H,1-3H3,(H,24,28)(H,25,29)/t20-,21-/m1/s1. The first-order valence-corrected chi connectivity index (χ1v) is 9.87.